The van der Waals surface area contributed by atoms with Gasteiger partial charge >= 0.3 is 0 Å². The zero-order chi connectivity index (χ0) is 40.7. The summed E-state index contributed by atoms with van der Waals surface area (Å²) >= 11 is 1.16. The van der Waals surface area contributed by atoms with Crippen molar-refractivity contribution >= 4 is 27.1 Å². The third-order valence-electron chi connectivity index (χ3n) is 15.6. The molecule has 1 aromatic heterocycles. The molecule has 0 saturated heterocycles. The van der Waals surface area contributed by atoms with Gasteiger partial charge in [0.1, 0.15) is 15.7 Å². The Hall–Kier alpha value is -4.06. The van der Waals surface area contributed by atoms with E-state index < -0.39 is 38.0 Å². The molecule has 304 valence electrons. The Morgan fingerprint density at radius 1 is 0.845 bits per heavy atom. The molecule has 6 aliphatic carbocycles. The lowest BCUT2D eigenvalue weighted by molar-refractivity contribution is -0.173. The van der Waals surface area contributed by atoms with Gasteiger partial charge in [-0.1, -0.05) is 98.8 Å². The van der Waals surface area contributed by atoms with Crippen LogP contribution in [0.2, 0.25) is 0 Å². The Labute approximate surface area is 346 Å². The molecule has 3 aromatic carbocycles. The third-order valence-corrected chi connectivity index (χ3v) is 18.7. The van der Waals surface area contributed by atoms with Crippen molar-refractivity contribution in [1.29, 1.82) is 0 Å². The van der Waals surface area contributed by atoms with Crippen LogP contribution in [0.4, 0.5) is 0 Å². The molecule has 10 rings (SSSR count). The zero-order valence-electron chi connectivity index (χ0n) is 33.7. The number of nitrogens with zero attached hydrogens (tertiary/aromatic N) is 1. The van der Waals surface area contributed by atoms with Crippen LogP contribution in [0, 0.1) is 33.5 Å². The highest BCUT2D eigenvalue weighted by Gasteiger charge is 2.74. The van der Waals surface area contributed by atoms with Crippen LogP contribution in [-0.4, -0.2) is 61.2 Å². The van der Waals surface area contributed by atoms with E-state index in [1.165, 1.54) is 4.31 Å². The summed E-state index contributed by atoms with van der Waals surface area (Å²) in [6.45, 7) is 4.40. The van der Waals surface area contributed by atoms with Gasteiger partial charge < -0.3 is 19.7 Å². The predicted octanol–water partition coefficient (Wildman–Crippen LogP) is 9.10. The van der Waals surface area contributed by atoms with Crippen molar-refractivity contribution in [3.05, 3.63) is 125 Å². The highest BCUT2D eigenvalue weighted by molar-refractivity contribution is 7.91. The Kier molecular flexibility index (Phi) is 9.52. The summed E-state index contributed by atoms with van der Waals surface area (Å²) in [4.78, 5) is 15.2. The standard InChI is InChI=1S/C48H53NO7S2/c1-44-21-18-36(50)28-46(44)24-25-48(38(29-46)43(51)34-14-12-33(13-15-34)32-9-6-5-7-10-32)40(44)19-22-45(2)41(48)20-23-47(45,52)31-49(58(53,54)42-11-8-26-57-42)30-35-16-17-37(55-3)27-39(35)56-4/h5-17,24-27,29,36,40-41,50,52H,18-23,28,30-31H2,1-4H3/t36?,40-,41-,44-,45+,46+,47-,48-/m1/s1. The maximum Gasteiger partial charge on any atom is 0.252 e. The molecule has 0 aliphatic heterocycles. The number of hydrogen-bond donors (Lipinski definition) is 2. The first kappa shape index (κ1) is 39.4. The molecule has 3 fully saturated rings. The first-order chi connectivity index (χ1) is 27.7. The van der Waals surface area contributed by atoms with Gasteiger partial charge in [0.2, 0.25) is 0 Å². The lowest BCUT2D eigenvalue weighted by Crippen LogP contribution is -2.67. The quantitative estimate of drug-likeness (QED) is 0.115. The average Bonchev–Trinajstić information content (AvgIpc) is 3.88. The number of ether oxygens (including phenoxy) is 2. The van der Waals surface area contributed by atoms with Crippen molar-refractivity contribution in [1.82, 2.24) is 4.31 Å². The number of thiophene rings is 1. The van der Waals surface area contributed by atoms with Crippen LogP contribution in [0.3, 0.4) is 0 Å². The van der Waals surface area contributed by atoms with Gasteiger partial charge in [-0.3, -0.25) is 4.79 Å². The topological polar surface area (TPSA) is 113 Å². The Morgan fingerprint density at radius 2 is 1.55 bits per heavy atom. The number of Topliss-reactive ketones (excluding diaryl/α,β-unsaturated/α-hetero) is 1. The minimum absolute atomic E-state index is 0.00430. The largest absolute Gasteiger partial charge is 0.497 e. The summed E-state index contributed by atoms with van der Waals surface area (Å²) < 4.78 is 42.0. The summed E-state index contributed by atoms with van der Waals surface area (Å²) in [5.74, 6) is 1.06. The maximum absolute atomic E-state index is 15.2. The summed E-state index contributed by atoms with van der Waals surface area (Å²) in [5, 5.41) is 26.2. The molecular weight excluding hydrogens is 767 g/mol. The van der Waals surface area contributed by atoms with E-state index >= 15 is 4.79 Å². The smallest absolute Gasteiger partial charge is 0.252 e. The van der Waals surface area contributed by atoms with Crippen molar-refractivity contribution in [2.24, 2.45) is 33.5 Å². The van der Waals surface area contributed by atoms with Gasteiger partial charge in [0.25, 0.3) is 10.0 Å². The molecular formula is C48H53NO7S2. The van der Waals surface area contributed by atoms with Gasteiger partial charge in [-0.05, 0) is 90.8 Å². The number of ketones is 1. The number of carbonyl (C=O) groups is 1. The van der Waals surface area contributed by atoms with Gasteiger partial charge in [-0.25, -0.2) is 8.42 Å². The van der Waals surface area contributed by atoms with Gasteiger partial charge in [-0.2, -0.15) is 4.31 Å². The van der Waals surface area contributed by atoms with E-state index in [9.17, 15) is 18.6 Å². The molecule has 3 saturated carbocycles. The van der Waals surface area contributed by atoms with E-state index in [-0.39, 0.29) is 40.3 Å². The number of sulfonamides is 1. The van der Waals surface area contributed by atoms with Gasteiger partial charge in [0.15, 0.2) is 5.78 Å². The molecule has 10 heteroatoms. The van der Waals surface area contributed by atoms with E-state index in [4.69, 9.17) is 9.47 Å². The summed E-state index contributed by atoms with van der Waals surface area (Å²) in [5.41, 5.74) is 0.697. The van der Waals surface area contributed by atoms with E-state index in [0.29, 0.717) is 54.7 Å². The third kappa shape index (κ3) is 5.69. The predicted molar refractivity (Wildman–Crippen MR) is 226 cm³/mol. The second-order valence-corrected chi connectivity index (χ2v) is 21.1. The number of fused-ring (bicyclic) bond motifs is 1. The van der Waals surface area contributed by atoms with E-state index in [2.05, 4.69) is 44.2 Å². The number of rotatable bonds is 11. The molecule has 58 heavy (non-hydrogen) atoms. The Balaban J connectivity index is 1.12. The SMILES string of the molecule is COc1ccc(CN(C[C@]2(O)CC[C@H]3[C@]45C=C[C@@]6(C=C4C(=O)c4ccc(-c7ccccc7)cc4)CC(O)CC[C@]6(C)[C@H]5CC[C@@]32C)S(=O)(=O)c2cccs2)c(OC)c1. The Morgan fingerprint density at radius 3 is 2.26 bits per heavy atom. The van der Waals surface area contributed by atoms with Gasteiger partial charge in [-0.15, -0.1) is 11.3 Å². The minimum atomic E-state index is -4.04. The molecule has 2 spiro atoms. The number of methoxy groups -OCH3 is 2. The van der Waals surface area contributed by atoms with Crippen LogP contribution >= 0.6 is 11.3 Å². The van der Waals surface area contributed by atoms with Gasteiger partial charge in [0, 0.05) is 52.1 Å². The number of allylic oxidation sites excluding steroid dienone is 4. The first-order valence-corrected chi connectivity index (χ1v) is 22.8. The lowest BCUT2D eigenvalue weighted by Gasteiger charge is -2.71. The van der Waals surface area contributed by atoms with Crippen LogP contribution < -0.4 is 9.47 Å². The number of carbonyl (C=O) groups excluding carboxylic acids is 1. The summed E-state index contributed by atoms with van der Waals surface area (Å²) in [6, 6.07) is 26.7. The number of aliphatic hydroxyl groups is 2. The molecule has 4 aromatic rings. The summed E-state index contributed by atoms with van der Waals surface area (Å²) in [6.07, 6.45) is 11.0. The van der Waals surface area contributed by atoms with Gasteiger partial charge in [0.05, 0.1) is 25.9 Å². The molecule has 2 N–H and O–H groups in total. The van der Waals surface area contributed by atoms with E-state index in [0.717, 1.165) is 40.9 Å². The molecule has 8 atom stereocenters. The van der Waals surface area contributed by atoms with Crippen molar-refractivity contribution in [3.8, 4) is 22.6 Å². The van der Waals surface area contributed by atoms with Crippen LogP contribution in [-0.2, 0) is 16.6 Å². The highest BCUT2D eigenvalue weighted by atomic mass is 32.2. The number of benzene rings is 3. The molecule has 8 nitrogen and oxygen atoms in total. The number of aliphatic hydroxyl groups excluding tert-OH is 1. The molecule has 1 heterocycles. The normalized spacial score (nSPS) is 33.6. The van der Waals surface area contributed by atoms with Crippen molar-refractivity contribution in [3.63, 3.8) is 0 Å². The second-order valence-electron chi connectivity index (χ2n) is 18.0. The van der Waals surface area contributed by atoms with Crippen LogP contribution in [0.1, 0.15) is 74.7 Å². The van der Waals surface area contributed by atoms with Crippen LogP contribution in [0.15, 0.2) is 118 Å². The molecule has 0 amide bonds. The first-order valence-electron chi connectivity index (χ1n) is 20.5. The minimum Gasteiger partial charge on any atom is -0.497 e. The Bertz CT molecular complexity index is 2390. The fourth-order valence-corrected chi connectivity index (χ4v) is 15.0. The van der Waals surface area contributed by atoms with Crippen molar-refractivity contribution < 1.29 is 32.9 Å². The second kappa shape index (κ2) is 14.0. The fourth-order valence-electron chi connectivity index (χ4n) is 12.4. The molecule has 2 bridgehead atoms. The molecule has 6 aliphatic rings. The molecule has 0 radical (unpaired) electrons. The highest BCUT2D eigenvalue weighted by Crippen LogP contribution is 2.78. The lowest BCUT2D eigenvalue weighted by atomic mass is 9.32. The monoisotopic (exact) mass is 819 g/mol. The maximum atomic E-state index is 15.2. The number of hydrogen-bond acceptors (Lipinski definition) is 8. The fraction of sp³-hybridized carbons (Fsp3) is 0.438. The average molecular weight is 820 g/mol. The van der Waals surface area contributed by atoms with E-state index in [1.54, 1.807) is 43.9 Å². The molecule has 1 unspecified atom stereocenters. The van der Waals surface area contributed by atoms with Crippen LogP contribution in [0.25, 0.3) is 11.1 Å². The van der Waals surface area contributed by atoms with Crippen molar-refractivity contribution in [2.45, 2.75) is 81.3 Å². The van der Waals surface area contributed by atoms with Crippen LogP contribution in [0.5, 0.6) is 11.5 Å². The van der Waals surface area contributed by atoms with Crippen molar-refractivity contribution in [2.75, 3.05) is 20.8 Å². The van der Waals surface area contributed by atoms with E-state index in [1.807, 2.05) is 48.5 Å². The summed E-state index contributed by atoms with van der Waals surface area (Å²) in [7, 11) is -0.909. The zero-order valence-corrected chi connectivity index (χ0v) is 35.3.